The van der Waals surface area contributed by atoms with Crippen LogP contribution in [0.5, 0.6) is 0 Å². The number of hydrogen-bond acceptors (Lipinski definition) is 3. The topological polar surface area (TPSA) is 48.7 Å². The van der Waals surface area contributed by atoms with Gasteiger partial charge in [0.1, 0.15) is 17.0 Å². The molecule has 0 fully saturated rings. The Hall–Kier alpha value is -1.27. The van der Waals surface area contributed by atoms with Gasteiger partial charge in [0.05, 0.1) is 5.56 Å². The van der Waals surface area contributed by atoms with Crippen LogP contribution >= 0.6 is 11.6 Å². The fourth-order valence-electron chi connectivity index (χ4n) is 0.797. The molecule has 4 heteroatoms. The number of nitrogens with one attached hydrogen (secondary N) is 1. The van der Waals surface area contributed by atoms with Gasteiger partial charge in [-0.05, 0) is 19.1 Å². The maximum Gasteiger partial charge on any atom is 0.149 e. The lowest BCUT2D eigenvalue weighted by Crippen LogP contribution is -1.99. The lowest BCUT2D eigenvalue weighted by atomic mass is 10.3. The van der Waals surface area contributed by atoms with Gasteiger partial charge in [-0.3, -0.25) is 0 Å². The smallest absolute Gasteiger partial charge is 0.149 e. The van der Waals surface area contributed by atoms with Crippen molar-refractivity contribution in [2.24, 2.45) is 0 Å². The van der Waals surface area contributed by atoms with Crippen LogP contribution in [0.15, 0.2) is 12.1 Å². The molecule has 0 aromatic carbocycles. The highest BCUT2D eigenvalue weighted by molar-refractivity contribution is 6.30. The summed E-state index contributed by atoms with van der Waals surface area (Å²) in [4.78, 5) is 3.97. The summed E-state index contributed by atoms with van der Waals surface area (Å²) >= 11 is 5.69. The van der Waals surface area contributed by atoms with Crippen LogP contribution in [0.4, 0.5) is 5.82 Å². The van der Waals surface area contributed by atoms with Crippen LogP contribution in [-0.4, -0.2) is 11.5 Å². The number of hydrogen-bond donors (Lipinski definition) is 1. The zero-order valence-corrected chi connectivity index (χ0v) is 7.39. The standard InChI is InChI=1S/C8H8ClN3/c1-2-11-7-4-3-6(5-10)8(9)12-7/h3-4H,2H2,1H3,(H,11,12). The molecule has 0 bridgehead atoms. The van der Waals surface area contributed by atoms with Crippen molar-refractivity contribution in [2.75, 3.05) is 11.9 Å². The maximum atomic E-state index is 8.54. The van der Waals surface area contributed by atoms with Crippen molar-refractivity contribution >= 4 is 17.4 Å². The molecule has 0 radical (unpaired) electrons. The highest BCUT2D eigenvalue weighted by Crippen LogP contribution is 2.14. The van der Waals surface area contributed by atoms with Gasteiger partial charge in [-0.1, -0.05) is 11.6 Å². The average molecular weight is 182 g/mol. The lowest BCUT2D eigenvalue weighted by molar-refractivity contribution is 1.16. The van der Waals surface area contributed by atoms with Crippen LogP contribution in [-0.2, 0) is 0 Å². The van der Waals surface area contributed by atoms with E-state index in [4.69, 9.17) is 16.9 Å². The minimum atomic E-state index is 0.246. The van der Waals surface area contributed by atoms with E-state index in [1.807, 2.05) is 13.0 Å². The Balaban J connectivity index is 2.96. The summed E-state index contributed by atoms with van der Waals surface area (Å²) in [6.07, 6.45) is 0. The van der Waals surface area contributed by atoms with E-state index < -0.39 is 0 Å². The molecule has 1 heterocycles. The Morgan fingerprint density at radius 2 is 2.42 bits per heavy atom. The molecule has 0 saturated carbocycles. The fraction of sp³-hybridized carbons (Fsp3) is 0.250. The molecule has 1 aromatic heterocycles. The second-order valence-electron chi connectivity index (χ2n) is 2.18. The number of anilines is 1. The third kappa shape index (κ3) is 1.86. The summed E-state index contributed by atoms with van der Waals surface area (Å²) in [6.45, 7) is 2.75. The van der Waals surface area contributed by atoms with E-state index in [0.717, 1.165) is 6.54 Å². The summed E-state index contributed by atoms with van der Waals surface area (Å²) in [5.41, 5.74) is 0.401. The zero-order valence-electron chi connectivity index (χ0n) is 6.63. The van der Waals surface area contributed by atoms with Crippen LogP contribution in [0.1, 0.15) is 12.5 Å². The number of rotatable bonds is 2. The SMILES string of the molecule is CCNc1ccc(C#N)c(Cl)n1. The molecule has 1 N–H and O–H groups in total. The van der Waals surface area contributed by atoms with Gasteiger partial charge in [0, 0.05) is 6.54 Å². The van der Waals surface area contributed by atoms with Crippen LogP contribution in [0.3, 0.4) is 0 Å². The molecule has 0 atom stereocenters. The molecule has 1 rings (SSSR count). The highest BCUT2D eigenvalue weighted by Gasteiger charge is 2.00. The predicted octanol–water partition coefficient (Wildman–Crippen LogP) is 2.04. The van der Waals surface area contributed by atoms with Crippen molar-refractivity contribution in [1.82, 2.24) is 4.98 Å². The fourth-order valence-corrected chi connectivity index (χ4v) is 0.994. The normalized spacial score (nSPS) is 9.08. The summed E-state index contributed by atoms with van der Waals surface area (Å²) in [7, 11) is 0. The molecule has 1 aromatic rings. The summed E-state index contributed by atoms with van der Waals surface area (Å²) in [6, 6.07) is 5.32. The van der Waals surface area contributed by atoms with Crippen LogP contribution in [0.25, 0.3) is 0 Å². The van der Waals surface area contributed by atoms with Crippen molar-refractivity contribution in [2.45, 2.75) is 6.92 Å². The minimum absolute atomic E-state index is 0.246. The molecule has 0 amide bonds. The van der Waals surface area contributed by atoms with E-state index in [0.29, 0.717) is 11.4 Å². The Kier molecular flexibility index (Phi) is 2.89. The summed E-state index contributed by atoms with van der Waals surface area (Å²) in [5, 5.41) is 11.8. The molecular formula is C8H8ClN3. The van der Waals surface area contributed by atoms with E-state index >= 15 is 0 Å². The number of aromatic nitrogens is 1. The molecule has 3 nitrogen and oxygen atoms in total. The summed E-state index contributed by atoms with van der Waals surface area (Å²) in [5.74, 6) is 0.696. The number of nitriles is 1. The van der Waals surface area contributed by atoms with Crippen molar-refractivity contribution in [1.29, 1.82) is 5.26 Å². The predicted molar refractivity (Wildman–Crippen MR) is 48.1 cm³/mol. The van der Waals surface area contributed by atoms with Crippen molar-refractivity contribution in [3.05, 3.63) is 22.8 Å². The van der Waals surface area contributed by atoms with Gasteiger partial charge >= 0.3 is 0 Å². The van der Waals surface area contributed by atoms with Gasteiger partial charge in [0.25, 0.3) is 0 Å². The van der Waals surface area contributed by atoms with Crippen molar-refractivity contribution < 1.29 is 0 Å². The van der Waals surface area contributed by atoms with Crippen molar-refractivity contribution in [3.8, 4) is 6.07 Å². The number of nitrogens with zero attached hydrogens (tertiary/aromatic N) is 2. The van der Waals surface area contributed by atoms with E-state index in [1.54, 1.807) is 12.1 Å². The van der Waals surface area contributed by atoms with Crippen LogP contribution < -0.4 is 5.32 Å². The molecule has 0 aliphatic carbocycles. The maximum absolute atomic E-state index is 8.54. The molecule has 0 unspecified atom stereocenters. The zero-order chi connectivity index (χ0) is 8.97. The Morgan fingerprint density at radius 1 is 1.67 bits per heavy atom. The molecule has 0 aliphatic rings. The Labute approximate surface area is 76.0 Å². The van der Waals surface area contributed by atoms with E-state index in [9.17, 15) is 0 Å². The highest BCUT2D eigenvalue weighted by atomic mass is 35.5. The van der Waals surface area contributed by atoms with Crippen LogP contribution in [0, 0.1) is 11.3 Å². The van der Waals surface area contributed by atoms with E-state index in [2.05, 4.69) is 10.3 Å². The molecule has 62 valence electrons. The Morgan fingerprint density at radius 3 is 2.92 bits per heavy atom. The van der Waals surface area contributed by atoms with Gasteiger partial charge in [-0.25, -0.2) is 4.98 Å². The second-order valence-corrected chi connectivity index (χ2v) is 2.54. The summed E-state index contributed by atoms with van der Waals surface area (Å²) < 4.78 is 0. The monoisotopic (exact) mass is 181 g/mol. The van der Waals surface area contributed by atoms with Gasteiger partial charge < -0.3 is 5.32 Å². The molecule has 12 heavy (non-hydrogen) atoms. The number of halogens is 1. The number of pyridine rings is 1. The quantitative estimate of drug-likeness (QED) is 0.711. The van der Waals surface area contributed by atoms with Gasteiger partial charge in [-0.15, -0.1) is 0 Å². The lowest BCUT2D eigenvalue weighted by Gasteiger charge is -2.01. The first-order chi connectivity index (χ1) is 5.77. The molecule has 0 saturated heterocycles. The molecule has 0 aliphatic heterocycles. The minimum Gasteiger partial charge on any atom is -0.370 e. The second kappa shape index (κ2) is 3.93. The first-order valence-corrected chi connectivity index (χ1v) is 3.96. The third-order valence-electron chi connectivity index (χ3n) is 1.33. The first-order valence-electron chi connectivity index (χ1n) is 3.58. The third-order valence-corrected chi connectivity index (χ3v) is 1.62. The van der Waals surface area contributed by atoms with E-state index in [-0.39, 0.29) is 5.15 Å². The van der Waals surface area contributed by atoms with Crippen LogP contribution in [0.2, 0.25) is 5.15 Å². The van der Waals surface area contributed by atoms with E-state index in [1.165, 1.54) is 0 Å². The van der Waals surface area contributed by atoms with Gasteiger partial charge in [-0.2, -0.15) is 5.26 Å². The first kappa shape index (κ1) is 8.82. The molecule has 0 spiro atoms. The Bertz CT molecular complexity index is 317. The average Bonchev–Trinajstić information content (AvgIpc) is 2.05. The largest absolute Gasteiger partial charge is 0.370 e. The van der Waals surface area contributed by atoms with Gasteiger partial charge in [0.2, 0.25) is 0 Å². The molecular weight excluding hydrogens is 174 g/mol. The van der Waals surface area contributed by atoms with Crippen molar-refractivity contribution in [3.63, 3.8) is 0 Å². The van der Waals surface area contributed by atoms with Gasteiger partial charge in [0.15, 0.2) is 0 Å².